The number of pyridine rings is 1. The number of fused-ring (bicyclic) bond motifs is 1. The van der Waals surface area contributed by atoms with E-state index in [-0.39, 0.29) is 11.8 Å². The Morgan fingerprint density at radius 3 is 3.07 bits per heavy atom. The van der Waals surface area contributed by atoms with Crippen LogP contribution in [-0.2, 0) is 11.8 Å². The van der Waals surface area contributed by atoms with Crippen LogP contribution in [-0.4, -0.2) is 20.5 Å². The first-order valence-corrected chi connectivity index (χ1v) is 4.06. The molecule has 0 aliphatic rings. The number of carbonyl (C=O) groups is 1. The van der Waals surface area contributed by atoms with Gasteiger partial charge in [0.25, 0.3) is 0 Å². The van der Waals surface area contributed by atoms with Crippen LogP contribution in [0.1, 0.15) is 6.92 Å². The molecule has 0 aliphatic carbocycles. The van der Waals surface area contributed by atoms with Gasteiger partial charge in [-0.2, -0.15) is 4.98 Å². The smallest absolute Gasteiger partial charge is 0.309 e. The number of imidazole rings is 1. The van der Waals surface area contributed by atoms with Gasteiger partial charge in [0.1, 0.15) is 5.52 Å². The summed E-state index contributed by atoms with van der Waals surface area (Å²) in [5.41, 5.74) is 1.37. The summed E-state index contributed by atoms with van der Waals surface area (Å²) in [6, 6.07) is 3.34. The fourth-order valence-electron chi connectivity index (χ4n) is 1.14. The maximum Gasteiger partial charge on any atom is 0.309 e. The number of hydrogen-bond acceptors (Lipinski definition) is 4. The number of ether oxygens (including phenoxy) is 1. The summed E-state index contributed by atoms with van der Waals surface area (Å²) >= 11 is 0. The van der Waals surface area contributed by atoms with Gasteiger partial charge in [0.05, 0.1) is 0 Å². The van der Waals surface area contributed by atoms with Gasteiger partial charge in [-0.1, -0.05) is 0 Å². The minimum absolute atomic E-state index is 0.280. The number of rotatable bonds is 1. The number of aryl methyl sites for hydroxylation is 1. The van der Waals surface area contributed by atoms with Gasteiger partial charge < -0.3 is 9.30 Å². The Kier molecular flexibility index (Phi) is 1.92. The molecule has 0 saturated carbocycles. The van der Waals surface area contributed by atoms with E-state index in [1.807, 2.05) is 0 Å². The molecule has 2 rings (SSSR count). The molecule has 0 N–H and O–H groups in total. The van der Waals surface area contributed by atoms with E-state index in [1.54, 1.807) is 23.7 Å². The molecule has 2 aromatic rings. The third kappa shape index (κ3) is 1.44. The molecule has 5 nitrogen and oxygen atoms in total. The van der Waals surface area contributed by atoms with Gasteiger partial charge in [-0.15, -0.1) is 0 Å². The van der Waals surface area contributed by atoms with Gasteiger partial charge in [-0.25, -0.2) is 4.98 Å². The van der Waals surface area contributed by atoms with E-state index in [2.05, 4.69) is 16.3 Å². The first-order chi connectivity index (χ1) is 6.66. The second-order valence-electron chi connectivity index (χ2n) is 2.86. The summed E-state index contributed by atoms with van der Waals surface area (Å²) in [4.78, 5) is 18.8. The van der Waals surface area contributed by atoms with Crippen LogP contribution in [0.2, 0.25) is 0 Å². The highest BCUT2D eigenvalue weighted by Gasteiger charge is 2.05. The molecule has 0 atom stereocenters. The second kappa shape index (κ2) is 3.10. The van der Waals surface area contributed by atoms with E-state index in [1.165, 1.54) is 6.92 Å². The summed E-state index contributed by atoms with van der Waals surface area (Å²) in [6.45, 7) is 1.33. The lowest BCUT2D eigenvalue weighted by Crippen LogP contribution is -2.03. The van der Waals surface area contributed by atoms with Crippen LogP contribution < -0.4 is 4.74 Å². The lowest BCUT2D eigenvalue weighted by molar-refractivity contribution is -0.132. The molecule has 0 amide bonds. The quantitative estimate of drug-likeness (QED) is 0.621. The minimum atomic E-state index is -0.386. The SMILES string of the molecule is CC(=O)Oc1ccc2n[c]n(C)c2n1. The third-order valence-corrected chi connectivity index (χ3v) is 1.72. The maximum absolute atomic E-state index is 10.7. The Labute approximate surface area is 80.3 Å². The molecule has 1 radical (unpaired) electrons. The second-order valence-corrected chi connectivity index (χ2v) is 2.86. The molecule has 2 heterocycles. The van der Waals surface area contributed by atoms with Crippen molar-refractivity contribution in [1.29, 1.82) is 0 Å². The Morgan fingerprint density at radius 1 is 1.57 bits per heavy atom. The normalized spacial score (nSPS) is 10.4. The predicted molar refractivity (Wildman–Crippen MR) is 48.7 cm³/mol. The zero-order chi connectivity index (χ0) is 10.1. The van der Waals surface area contributed by atoms with Crippen molar-refractivity contribution in [1.82, 2.24) is 14.5 Å². The van der Waals surface area contributed by atoms with E-state index in [9.17, 15) is 4.79 Å². The first-order valence-electron chi connectivity index (χ1n) is 4.06. The van der Waals surface area contributed by atoms with Gasteiger partial charge in [0.15, 0.2) is 12.0 Å². The topological polar surface area (TPSA) is 57.0 Å². The van der Waals surface area contributed by atoms with Crippen molar-refractivity contribution in [2.45, 2.75) is 6.92 Å². The molecule has 0 spiro atoms. The zero-order valence-electron chi connectivity index (χ0n) is 7.81. The van der Waals surface area contributed by atoms with Crippen LogP contribution in [0.4, 0.5) is 0 Å². The van der Waals surface area contributed by atoms with Crippen molar-refractivity contribution in [2.24, 2.45) is 7.05 Å². The van der Waals surface area contributed by atoms with Gasteiger partial charge in [0.2, 0.25) is 5.88 Å². The van der Waals surface area contributed by atoms with Crippen LogP contribution in [0.5, 0.6) is 5.88 Å². The van der Waals surface area contributed by atoms with Crippen LogP contribution >= 0.6 is 0 Å². The summed E-state index contributed by atoms with van der Waals surface area (Å²) in [5, 5.41) is 0. The fourth-order valence-corrected chi connectivity index (χ4v) is 1.14. The van der Waals surface area contributed by atoms with E-state index in [0.717, 1.165) is 5.52 Å². The maximum atomic E-state index is 10.7. The van der Waals surface area contributed by atoms with E-state index < -0.39 is 0 Å². The van der Waals surface area contributed by atoms with Crippen molar-refractivity contribution in [3.63, 3.8) is 0 Å². The molecular weight excluding hydrogens is 182 g/mol. The predicted octanol–water partition coefficient (Wildman–Crippen LogP) is 0.694. The number of aromatic nitrogens is 3. The van der Waals surface area contributed by atoms with Gasteiger partial charge in [-0.05, 0) is 6.07 Å². The van der Waals surface area contributed by atoms with E-state index >= 15 is 0 Å². The molecule has 14 heavy (non-hydrogen) atoms. The molecule has 71 valence electrons. The Bertz CT molecular complexity index is 490. The third-order valence-electron chi connectivity index (χ3n) is 1.72. The fraction of sp³-hybridized carbons (Fsp3) is 0.222. The average Bonchev–Trinajstić information content (AvgIpc) is 2.47. The Balaban J connectivity index is 2.49. The van der Waals surface area contributed by atoms with Crippen LogP contribution in [0.25, 0.3) is 11.2 Å². The summed E-state index contributed by atoms with van der Waals surface area (Å²) in [5.74, 6) is -0.106. The number of esters is 1. The highest BCUT2D eigenvalue weighted by molar-refractivity contribution is 5.73. The molecule has 0 bridgehead atoms. The van der Waals surface area contributed by atoms with E-state index in [0.29, 0.717) is 5.65 Å². The van der Waals surface area contributed by atoms with Crippen LogP contribution in [0.15, 0.2) is 12.1 Å². The average molecular weight is 190 g/mol. The molecule has 5 heteroatoms. The standard InChI is InChI=1S/C9H8N3O2/c1-6(13)14-8-4-3-7-9(11-8)12(2)5-10-7/h3-4H,1-2H3. The minimum Gasteiger partial charge on any atom is -0.408 e. The molecule has 0 aliphatic heterocycles. The van der Waals surface area contributed by atoms with Crippen molar-refractivity contribution in [2.75, 3.05) is 0 Å². The monoisotopic (exact) mass is 190 g/mol. The van der Waals surface area contributed by atoms with Crippen LogP contribution in [0, 0.1) is 6.33 Å². The van der Waals surface area contributed by atoms with Gasteiger partial charge >= 0.3 is 5.97 Å². The highest BCUT2D eigenvalue weighted by atomic mass is 16.5. The largest absolute Gasteiger partial charge is 0.408 e. The summed E-state index contributed by atoms with van der Waals surface area (Å²) < 4.78 is 6.48. The molecular formula is C9H8N3O2. The molecule has 0 aromatic carbocycles. The van der Waals surface area contributed by atoms with Gasteiger partial charge in [-0.3, -0.25) is 4.79 Å². The number of hydrogen-bond donors (Lipinski definition) is 0. The summed E-state index contributed by atoms with van der Waals surface area (Å²) in [6.07, 6.45) is 2.72. The highest BCUT2D eigenvalue weighted by Crippen LogP contribution is 2.14. The Morgan fingerprint density at radius 2 is 2.36 bits per heavy atom. The van der Waals surface area contributed by atoms with Gasteiger partial charge in [0, 0.05) is 20.0 Å². The molecule has 0 unspecified atom stereocenters. The molecule has 2 aromatic heterocycles. The molecule has 0 fully saturated rings. The zero-order valence-corrected chi connectivity index (χ0v) is 7.81. The lowest BCUT2D eigenvalue weighted by Gasteiger charge is -1.99. The van der Waals surface area contributed by atoms with E-state index in [4.69, 9.17) is 4.74 Å². The Hall–Kier alpha value is -1.91. The number of carbonyl (C=O) groups excluding carboxylic acids is 1. The van der Waals surface area contributed by atoms with Crippen molar-refractivity contribution in [3.05, 3.63) is 18.5 Å². The van der Waals surface area contributed by atoms with Crippen LogP contribution in [0.3, 0.4) is 0 Å². The van der Waals surface area contributed by atoms with Crippen molar-refractivity contribution < 1.29 is 9.53 Å². The molecule has 0 saturated heterocycles. The summed E-state index contributed by atoms with van der Waals surface area (Å²) in [7, 11) is 1.78. The number of nitrogens with zero attached hydrogens (tertiary/aromatic N) is 3. The lowest BCUT2D eigenvalue weighted by atomic mass is 10.4. The van der Waals surface area contributed by atoms with Crippen molar-refractivity contribution >= 4 is 17.1 Å². The van der Waals surface area contributed by atoms with Crippen molar-refractivity contribution in [3.8, 4) is 5.88 Å². The first kappa shape index (κ1) is 8.68.